The molecule has 0 amide bonds. The molecule has 1 unspecified atom stereocenters. The summed E-state index contributed by atoms with van der Waals surface area (Å²) in [6, 6.07) is 0. The lowest BCUT2D eigenvalue weighted by atomic mass is 10.2. The van der Waals surface area contributed by atoms with Gasteiger partial charge in [-0.05, 0) is 25.2 Å². The molecular weight excluding hydrogens is 274 g/mol. The van der Waals surface area contributed by atoms with Gasteiger partial charge in [0, 0.05) is 0 Å². The van der Waals surface area contributed by atoms with Crippen molar-refractivity contribution < 1.29 is 16.8 Å². The number of nitrogens with two attached hydrogens (primary N) is 1. The van der Waals surface area contributed by atoms with Gasteiger partial charge in [-0.2, -0.15) is 0 Å². The van der Waals surface area contributed by atoms with Crippen molar-refractivity contribution in [3.63, 3.8) is 0 Å². The Bertz CT molecular complexity index is 451. The third-order valence-corrected chi connectivity index (χ3v) is 5.93. The summed E-state index contributed by atoms with van der Waals surface area (Å²) in [5.74, 6) is -0.0222. The highest BCUT2D eigenvalue weighted by Crippen LogP contribution is 2.13. The first kappa shape index (κ1) is 17.6. The molecule has 0 heterocycles. The van der Waals surface area contributed by atoms with E-state index in [1.54, 1.807) is 6.08 Å². The van der Waals surface area contributed by atoms with Crippen LogP contribution in [0, 0.1) is 5.92 Å². The molecule has 0 aliphatic carbocycles. The Morgan fingerprint density at radius 1 is 1.17 bits per heavy atom. The zero-order chi connectivity index (χ0) is 14.4. The Kier molecular flexibility index (Phi) is 7.09. The number of rotatable bonds is 9. The van der Waals surface area contributed by atoms with Crippen LogP contribution in [0.2, 0.25) is 0 Å². The maximum absolute atomic E-state index is 11.7. The summed E-state index contributed by atoms with van der Waals surface area (Å²) in [6.07, 6.45) is 2.48. The number of sulfone groups is 1. The first-order valence-electron chi connectivity index (χ1n) is 5.91. The maximum Gasteiger partial charge on any atom is 0.212 e. The number of sulfonamides is 1. The molecule has 0 aromatic heterocycles. The summed E-state index contributed by atoms with van der Waals surface area (Å²) >= 11 is 0. The lowest BCUT2D eigenvalue weighted by Crippen LogP contribution is -2.31. The number of primary sulfonamides is 1. The molecule has 5 nitrogen and oxygen atoms in total. The van der Waals surface area contributed by atoms with Gasteiger partial charge in [0.25, 0.3) is 0 Å². The second kappa shape index (κ2) is 7.25. The Hall–Kier alpha value is -0.400. The molecule has 108 valence electrons. The fourth-order valence-electron chi connectivity index (χ4n) is 1.68. The average Bonchev–Trinajstić information content (AvgIpc) is 2.13. The first-order valence-corrected chi connectivity index (χ1v) is 9.34. The van der Waals surface area contributed by atoms with Crippen LogP contribution >= 0.6 is 0 Å². The van der Waals surface area contributed by atoms with E-state index in [-0.39, 0.29) is 23.8 Å². The van der Waals surface area contributed by atoms with Gasteiger partial charge in [-0.15, -0.1) is 6.58 Å². The molecule has 0 aliphatic heterocycles. The number of allylic oxidation sites excluding steroid dienone is 1. The minimum absolute atomic E-state index is 0.0381. The summed E-state index contributed by atoms with van der Waals surface area (Å²) in [7, 11) is -6.91. The zero-order valence-corrected chi connectivity index (χ0v) is 12.6. The van der Waals surface area contributed by atoms with E-state index in [9.17, 15) is 16.8 Å². The van der Waals surface area contributed by atoms with Crippen molar-refractivity contribution in [2.75, 3.05) is 11.5 Å². The molecule has 0 aromatic carbocycles. The van der Waals surface area contributed by atoms with Gasteiger partial charge in [-0.25, -0.2) is 22.0 Å². The molecule has 0 aromatic rings. The van der Waals surface area contributed by atoms with Gasteiger partial charge in [0.05, 0.1) is 16.8 Å². The molecule has 0 saturated carbocycles. The van der Waals surface area contributed by atoms with Gasteiger partial charge in [0.15, 0.2) is 9.84 Å². The fraction of sp³-hybridized carbons (Fsp3) is 0.818. The van der Waals surface area contributed by atoms with Crippen LogP contribution in [-0.4, -0.2) is 33.6 Å². The molecule has 0 rings (SSSR count). The third kappa shape index (κ3) is 7.84. The van der Waals surface area contributed by atoms with Crippen LogP contribution in [0.15, 0.2) is 12.7 Å². The standard InChI is InChI=1S/C11H23NO4S2/c1-4-5-6-11(18(12,15)16)7-8-17(13,14)9-10(2)3/h4,10-11H,1,5-9H2,2-3H3,(H2,12,15,16). The van der Waals surface area contributed by atoms with E-state index in [0.717, 1.165) is 0 Å². The van der Waals surface area contributed by atoms with Crippen molar-refractivity contribution in [3.05, 3.63) is 12.7 Å². The molecule has 0 fully saturated rings. The predicted octanol–water partition coefficient (Wildman–Crippen LogP) is 1.07. The second-order valence-electron chi connectivity index (χ2n) is 4.87. The second-order valence-corrected chi connectivity index (χ2v) is 8.95. The molecular formula is C11H23NO4S2. The summed E-state index contributed by atoms with van der Waals surface area (Å²) in [5, 5.41) is 4.29. The Morgan fingerprint density at radius 2 is 1.72 bits per heavy atom. The average molecular weight is 297 g/mol. The highest BCUT2D eigenvalue weighted by Gasteiger charge is 2.24. The van der Waals surface area contributed by atoms with Crippen LogP contribution in [0.1, 0.15) is 33.1 Å². The summed E-state index contributed by atoms with van der Waals surface area (Å²) in [6.45, 7) is 7.13. The van der Waals surface area contributed by atoms with E-state index in [2.05, 4.69) is 6.58 Å². The molecule has 7 heteroatoms. The zero-order valence-electron chi connectivity index (χ0n) is 11.0. The van der Waals surface area contributed by atoms with E-state index >= 15 is 0 Å². The minimum Gasteiger partial charge on any atom is -0.229 e. The van der Waals surface area contributed by atoms with Crippen LogP contribution in [0.4, 0.5) is 0 Å². The Labute approximate surface area is 110 Å². The Balaban J connectivity index is 4.58. The van der Waals surface area contributed by atoms with E-state index in [1.807, 2.05) is 13.8 Å². The van der Waals surface area contributed by atoms with Crippen molar-refractivity contribution in [2.45, 2.75) is 38.4 Å². The van der Waals surface area contributed by atoms with Crippen LogP contribution in [0.5, 0.6) is 0 Å². The van der Waals surface area contributed by atoms with E-state index in [1.165, 1.54) is 0 Å². The van der Waals surface area contributed by atoms with Crippen LogP contribution < -0.4 is 5.14 Å². The Morgan fingerprint density at radius 3 is 2.11 bits per heavy atom. The SMILES string of the molecule is C=CCCC(CCS(=O)(=O)CC(C)C)S(N)(=O)=O. The van der Waals surface area contributed by atoms with E-state index < -0.39 is 25.1 Å². The first-order chi connectivity index (χ1) is 8.08. The van der Waals surface area contributed by atoms with Gasteiger partial charge >= 0.3 is 0 Å². The lowest BCUT2D eigenvalue weighted by molar-refractivity contribution is 0.561. The molecule has 1 atom stereocenters. The largest absolute Gasteiger partial charge is 0.229 e. The summed E-state index contributed by atoms with van der Waals surface area (Å²) in [4.78, 5) is 0. The van der Waals surface area contributed by atoms with Gasteiger partial charge < -0.3 is 0 Å². The van der Waals surface area contributed by atoms with Crippen molar-refractivity contribution in [2.24, 2.45) is 11.1 Å². The number of hydrogen-bond acceptors (Lipinski definition) is 4. The van der Waals surface area contributed by atoms with Gasteiger partial charge in [-0.1, -0.05) is 19.9 Å². The molecule has 0 radical (unpaired) electrons. The fourth-order valence-corrected chi connectivity index (χ4v) is 4.57. The molecule has 0 aliphatic rings. The molecule has 0 bridgehead atoms. The lowest BCUT2D eigenvalue weighted by Gasteiger charge is -2.14. The highest BCUT2D eigenvalue weighted by atomic mass is 32.2. The van der Waals surface area contributed by atoms with E-state index in [4.69, 9.17) is 5.14 Å². The van der Waals surface area contributed by atoms with Crippen molar-refractivity contribution in [3.8, 4) is 0 Å². The molecule has 0 spiro atoms. The maximum atomic E-state index is 11.7. The topological polar surface area (TPSA) is 94.3 Å². The number of hydrogen-bond donors (Lipinski definition) is 1. The van der Waals surface area contributed by atoms with Crippen LogP contribution in [-0.2, 0) is 19.9 Å². The molecule has 0 saturated heterocycles. The summed E-state index contributed by atoms with van der Waals surface area (Å²) in [5.41, 5.74) is 0. The predicted molar refractivity (Wildman–Crippen MR) is 74.4 cm³/mol. The van der Waals surface area contributed by atoms with Gasteiger partial charge in [0.2, 0.25) is 10.0 Å². The summed E-state index contributed by atoms with van der Waals surface area (Å²) < 4.78 is 46.0. The molecule has 2 N–H and O–H groups in total. The van der Waals surface area contributed by atoms with Crippen molar-refractivity contribution in [1.29, 1.82) is 0 Å². The quantitative estimate of drug-likeness (QED) is 0.644. The smallest absolute Gasteiger partial charge is 0.212 e. The van der Waals surface area contributed by atoms with Gasteiger partial charge in [-0.3, -0.25) is 0 Å². The van der Waals surface area contributed by atoms with Crippen LogP contribution in [0.3, 0.4) is 0 Å². The van der Waals surface area contributed by atoms with Crippen molar-refractivity contribution in [1.82, 2.24) is 0 Å². The minimum atomic E-state index is -3.70. The monoisotopic (exact) mass is 297 g/mol. The highest BCUT2D eigenvalue weighted by molar-refractivity contribution is 7.91. The normalized spacial score (nSPS) is 14.7. The van der Waals surface area contributed by atoms with Crippen LogP contribution in [0.25, 0.3) is 0 Å². The third-order valence-electron chi connectivity index (χ3n) is 2.50. The van der Waals surface area contributed by atoms with Gasteiger partial charge in [0.1, 0.15) is 0 Å². The van der Waals surface area contributed by atoms with Crippen molar-refractivity contribution >= 4 is 19.9 Å². The molecule has 18 heavy (non-hydrogen) atoms. The van der Waals surface area contributed by atoms with E-state index in [0.29, 0.717) is 12.8 Å².